The fourth-order valence-corrected chi connectivity index (χ4v) is 1.62. The van der Waals surface area contributed by atoms with Crippen LogP contribution in [0.1, 0.15) is 18.1 Å². The third-order valence-electron chi connectivity index (χ3n) is 2.52. The van der Waals surface area contributed by atoms with Crippen LogP contribution in [0.15, 0.2) is 12.1 Å². The van der Waals surface area contributed by atoms with E-state index < -0.39 is 11.9 Å². The van der Waals surface area contributed by atoms with Gasteiger partial charge in [0.25, 0.3) is 0 Å². The van der Waals surface area contributed by atoms with Gasteiger partial charge in [0.1, 0.15) is 5.82 Å². The molecule has 1 unspecified atom stereocenters. The van der Waals surface area contributed by atoms with Crippen LogP contribution in [0.2, 0.25) is 5.02 Å². The molecule has 1 aromatic carbocycles. The molecule has 0 aliphatic rings. The number of carboxylic acid groups (broad SMARTS) is 1. The predicted octanol–water partition coefficient (Wildman–Crippen LogP) is 2.60. The summed E-state index contributed by atoms with van der Waals surface area (Å²) in [5.41, 5.74) is 1.13. The smallest absolute Gasteiger partial charge is 0.307 e. The number of halogens is 2. The van der Waals surface area contributed by atoms with Crippen molar-refractivity contribution in [2.75, 3.05) is 6.54 Å². The van der Waals surface area contributed by atoms with Crippen LogP contribution in [0.25, 0.3) is 0 Å². The number of carbonyl (C=O) groups is 1. The number of aryl methyl sites for hydroxylation is 1. The van der Waals surface area contributed by atoms with Crippen LogP contribution in [-0.4, -0.2) is 17.6 Å². The maximum absolute atomic E-state index is 13.3. The molecule has 0 fully saturated rings. The van der Waals surface area contributed by atoms with E-state index in [-0.39, 0.29) is 5.82 Å². The van der Waals surface area contributed by atoms with Crippen LogP contribution in [0.5, 0.6) is 0 Å². The Labute approximate surface area is 105 Å². The summed E-state index contributed by atoms with van der Waals surface area (Å²) in [6.45, 7) is 3.92. The quantitative estimate of drug-likeness (QED) is 0.855. The Morgan fingerprint density at radius 3 is 2.82 bits per heavy atom. The molecule has 17 heavy (non-hydrogen) atoms. The van der Waals surface area contributed by atoms with Crippen LogP contribution < -0.4 is 5.32 Å². The number of hydrogen-bond donors (Lipinski definition) is 2. The Morgan fingerprint density at radius 1 is 1.59 bits per heavy atom. The topological polar surface area (TPSA) is 49.3 Å². The van der Waals surface area contributed by atoms with E-state index in [0.717, 1.165) is 0 Å². The van der Waals surface area contributed by atoms with Crippen molar-refractivity contribution in [2.45, 2.75) is 20.4 Å². The third kappa shape index (κ3) is 3.98. The van der Waals surface area contributed by atoms with E-state index in [1.165, 1.54) is 6.07 Å². The summed E-state index contributed by atoms with van der Waals surface area (Å²) >= 11 is 5.96. The summed E-state index contributed by atoms with van der Waals surface area (Å²) < 4.78 is 13.3. The number of benzene rings is 1. The minimum atomic E-state index is -0.862. The highest BCUT2D eigenvalue weighted by molar-refractivity contribution is 6.31. The van der Waals surface area contributed by atoms with Crippen LogP contribution >= 0.6 is 11.6 Å². The molecule has 0 amide bonds. The Morgan fingerprint density at radius 2 is 2.24 bits per heavy atom. The minimum Gasteiger partial charge on any atom is -0.481 e. The van der Waals surface area contributed by atoms with E-state index in [4.69, 9.17) is 16.7 Å². The zero-order valence-electron chi connectivity index (χ0n) is 9.76. The van der Waals surface area contributed by atoms with Gasteiger partial charge in [-0.1, -0.05) is 18.5 Å². The van der Waals surface area contributed by atoms with Gasteiger partial charge in [-0.05, 0) is 30.2 Å². The standard InChI is InChI=1S/C12H15ClFNO2/c1-7-3-10(13)9(4-11(7)14)6-15-5-8(2)12(16)17/h3-4,8,15H,5-6H2,1-2H3,(H,16,17). The van der Waals surface area contributed by atoms with Gasteiger partial charge in [0.05, 0.1) is 5.92 Å². The van der Waals surface area contributed by atoms with Crippen LogP contribution in [0.3, 0.4) is 0 Å². The number of hydrogen-bond acceptors (Lipinski definition) is 2. The lowest BCUT2D eigenvalue weighted by Gasteiger charge is -2.10. The lowest BCUT2D eigenvalue weighted by atomic mass is 10.1. The first kappa shape index (κ1) is 13.9. The van der Waals surface area contributed by atoms with E-state index in [1.807, 2.05) is 0 Å². The fraction of sp³-hybridized carbons (Fsp3) is 0.417. The average Bonchev–Trinajstić information content (AvgIpc) is 2.25. The molecule has 0 saturated heterocycles. The highest BCUT2D eigenvalue weighted by atomic mass is 35.5. The number of carboxylic acids is 1. The van der Waals surface area contributed by atoms with Crippen molar-refractivity contribution >= 4 is 17.6 Å². The van der Waals surface area contributed by atoms with Crippen molar-refractivity contribution in [2.24, 2.45) is 5.92 Å². The predicted molar refractivity (Wildman–Crippen MR) is 64.7 cm³/mol. The van der Waals surface area contributed by atoms with E-state index in [1.54, 1.807) is 19.9 Å². The van der Waals surface area contributed by atoms with Gasteiger partial charge in [-0.25, -0.2) is 4.39 Å². The average molecular weight is 260 g/mol. The van der Waals surface area contributed by atoms with E-state index in [2.05, 4.69) is 5.32 Å². The van der Waals surface area contributed by atoms with Crippen molar-refractivity contribution in [3.8, 4) is 0 Å². The summed E-state index contributed by atoms with van der Waals surface area (Å²) in [7, 11) is 0. The Kier molecular flexibility index (Phi) is 4.90. The molecule has 0 radical (unpaired) electrons. The first-order valence-corrected chi connectivity index (χ1v) is 5.67. The molecule has 0 aromatic heterocycles. The van der Waals surface area contributed by atoms with E-state index in [0.29, 0.717) is 29.2 Å². The molecule has 1 atom stereocenters. The normalized spacial score (nSPS) is 12.5. The SMILES string of the molecule is Cc1cc(Cl)c(CNCC(C)C(=O)O)cc1F. The molecular weight excluding hydrogens is 245 g/mol. The van der Waals surface area contributed by atoms with Gasteiger partial charge < -0.3 is 10.4 Å². The second-order valence-corrected chi connectivity index (χ2v) is 4.47. The Balaban J connectivity index is 2.58. The molecule has 0 aliphatic heterocycles. The summed E-state index contributed by atoms with van der Waals surface area (Å²) in [6.07, 6.45) is 0. The summed E-state index contributed by atoms with van der Waals surface area (Å²) in [5, 5.41) is 12.1. The molecular formula is C12H15ClFNO2. The van der Waals surface area contributed by atoms with Gasteiger partial charge in [0, 0.05) is 18.1 Å². The second-order valence-electron chi connectivity index (χ2n) is 4.06. The van der Waals surface area contributed by atoms with Gasteiger partial charge in [-0.3, -0.25) is 4.79 Å². The van der Waals surface area contributed by atoms with E-state index >= 15 is 0 Å². The van der Waals surface area contributed by atoms with Crippen molar-refractivity contribution in [3.05, 3.63) is 34.1 Å². The molecule has 3 nitrogen and oxygen atoms in total. The lowest BCUT2D eigenvalue weighted by molar-refractivity contribution is -0.140. The van der Waals surface area contributed by atoms with Crippen LogP contribution in [0, 0.1) is 18.7 Å². The highest BCUT2D eigenvalue weighted by Gasteiger charge is 2.11. The van der Waals surface area contributed by atoms with Crippen LogP contribution in [-0.2, 0) is 11.3 Å². The van der Waals surface area contributed by atoms with Gasteiger partial charge in [0.2, 0.25) is 0 Å². The zero-order valence-corrected chi connectivity index (χ0v) is 10.5. The summed E-state index contributed by atoms with van der Waals surface area (Å²) in [6, 6.07) is 2.94. The van der Waals surface area contributed by atoms with Crippen molar-refractivity contribution in [1.82, 2.24) is 5.32 Å². The van der Waals surface area contributed by atoms with E-state index in [9.17, 15) is 9.18 Å². The largest absolute Gasteiger partial charge is 0.481 e. The monoisotopic (exact) mass is 259 g/mol. The maximum atomic E-state index is 13.3. The molecule has 0 aliphatic carbocycles. The molecule has 2 N–H and O–H groups in total. The highest BCUT2D eigenvalue weighted by Crippen LogP contribution is 2.20. The van der Waals surface area contributed by atoms with Crippen LogP contribution in [0.4, 0.5) is 4.39 Å². The molecule has 0 spiro atoms. The summed E-state index contributed by atoms with van der Waals surface area (Å²) in [5.74, 6) is -1.65. The maximum Gasteiger partial charge on any atom is 0.307 e. The van der Waals surface area contributed by atoms with Gasteiger partial charge in [-0.2, -0.15) is 0 Å². The zero-order chi connectivity index (χ0) is 13.0. The lowest BCUT2D eigenvalue weighted by Crippen LogP contribution is -2.26. The second kappa shape index (κ2) is 5.98. The molecule has 1 aromatic rings. The van der Waals surface area contributed by atoms with Crippen molar-refractivity contribution in [3.63, 3.8) is 0 Å². The van der Waals surface area contributed by atoms with Crippen molar-refractivity contribution < 1.29 is 14.3 Å². The first-order chi connectivity index (χ1) is 7.91. The molecule has 94 valence electrons. The summed E-state index contributed by atoms with van der Waals surface area (Å²) in [4.78, 5) is 10.6. The Bertz CT molecular complexity index is 423. The molecule has 5 heteroatoms. The molecule has 1 rings (SSSR count). The van der Waals surface area contributed by atoms with Gasteiger partial charge in [-0.15, -0.1) is 0 Å². The molecule has 0 saturated carbocycles. The molecule has 0 bridgehead atoms. The molecule has 0 heterocycles. The third-order valence-corrected chi connectivity index (χ3v) is 2.87. The van der Waals surface area contributed by atoms with Gasteiger partial charge in [0.15, 0.2) is 0 Å². The van der Waals surface area contributed by atoms with Crippen molar-refractivity contribution in [1.29, 1.82) is 0 Å². The number of rotatable bonds is 5. The number of aliphatic carboxylic acids is 1. The fourth-order valence-electron chi connectivity index (χ4n) is 1.33. The minimum absolute atomic E-state index is 0.308. The van der Waals surface area contributed by atoms with Gasteiger partial charge >= 0.3 is 5.97 Å². The number of nitrogens with one attached hydrogen (secondary N) is 1. The Hall–Kier alpha value is -1.13. The first-order valence-electron chi connectivity index (χ1n) is 5.30.